The Hall–Kier alpha value is -2.32. The number of aliphatic hydroxyl groups is 1. The largest absolute Gasteiger partial charge is 0.486 e. The molecule has 0 aromatic heterocycles. The number of amides is 1. The summed E-state index contributed by atoms with van der Waals surface area (Å²) in [7, 11) is 0. The van der Waals surface area contributed by atoms with Gasteiger partial charge in [-0.2, -0.15) is 0 Å². The lowest BCUT2D eigenvalue weighted by Gasteiger charge is -2.34. The molecule has 2 aliphatic rings. The average molecular weight is 446 g/mol. The summed E-state index contributed by atoms with van der Waals surface area (Å²) in [6.45, 7) is 2.81. The number of carbonyl (C=O) groups is 1. The Morgan fingerprint density at radius 3 is 2.58 bits per heavy atom. The molecule has 3 N–H and O–H groups in total. The number of anilines is 1. The molecule has 1 saturated heterocycles. The van der Waals surface area contributed by atoms with Gasteiger partial charge in [0.2, 0.25) is 5.91 Å². The van der Waals surface area contributed by atoms with E-state index >= 15 is 0 Å². The summed E-state index contributed by atoms with van der Waals surface area (Å²) in [4.78, 5) is 14.4. The highest BCUT2D eigenvalue weighted by atomic mass is 35.5. The van der Waals surface area contributed by atoms with E-state index in [9.17, 15) is 9.90 Å². The lowest BCUT2D eigenvalue weighted by molar-refractivity contribution is -0.117. The number of fused-ring (bicyclic) bond motifs is 1. The minimum atomic E-state index is -0.656. The Morgan fingerprint density at radius 1 is 1.13 bits per heavy atom. The van der Waals surface area contributed by atoms with Crippen LogP contribution in [0.3, 0.4) is 0 Å². The third kappa shape index (κ3) is 6.11. The molecule has 31 heavy (non-hydrogen) atoms. The molecular weight excluding hydrogens is 418 g/mol. The predicted molar refractivity (Wildman–Crippen MR) is 120 cm³/mol. The Labute approximate surface area is 187 Å². The maximum Gasteiger partial charge on any atom is 0.238 e. The number of carbonyl (C=O) groups excluding carboxylic acids is 1. The summed E-state index contributed by atoms with van der Waals surface area (Å²) in [6, 6.07) is 14.9. The van der Waals surface area contributed by atoms with Crippen LogP contribution < -0.4 is 20.1 Å². The number of benzene rings is 2. The number of aliphatic hydroxyl groups excluding tert-OH is 1. The first-order valence-electron chi connectivity index (χ1n) is 10.6. The highest BCUT2D eigenvalue weighted by molar-refractivity contribution is 6.30. The first-order valence-corrected chi connectivity index (χ1v) is 11.0. The van der Waals surface area contributed by atoms with Gasteiger partial charge in [-0.05, 0) is 49.2 Å². The van der Waals surface area contributed by atoms with Crippen molar-refractivity contribution in [2.45, 2.75) is 31.1 Å². The molecule has 0 aliphatic carbocycles. The molecule has 166 valence electrons. The van der Waals surface area contributed by atoms with Crippen LogP contribution in [0.5, 0.6) is 11.5 Å². The van der Waals surface area contributed by atoms with Crippen molar-refractivity contribution in [3.63, 3.8) is 0 Å². The monoisotopic (exact) mass is 445 g/mol. The van der Waals surface area contributed by atoms with Gasteiger partial charge in [0.25, 0.3) is 0 Å². The van der Waals surface area contributed by atoms with Crippen LogP contribution in [0, 0.1) is 0 Å². The van der Waals surface area contributed by atoms with E-state index in [-0.39, 0.29) is 12.0 Å². The molecule has 0 saturated carbocycles. The fourth-order valence-corrected chi connectivity index (χ4v) is 4.00. The molecule has 8 heteroatoms. The van der Waals surface area contributed by atoms with Crippen LogP contribution in [0.4, 0.5) is 5.69 Å². The summed E-state index contributed by atoms with van der Waals surface area (Å²) >= 11 is 5.87. The van der Waals surface area contributed by atoms with Crippen LogP contribution in [-0.2, 0) is 4.79 Å². The number of rotatable bonds is 7. The van der Waals surface area contributed by atoms with Gasteiger partial charge in [0.15, 0.2) is 17.6 Å². The lowest BCUT2D eigenvalue weighted by atomic mass is 10.0. The van der Waals surface area contributed by atoms with Crippen LogP contribution in [0.25, 0.3) is 0 Å². The zero-order valence-electron chi connectivity index (χ0n) is 17.3. The number of nitrogens with one attached hydrogen (secondary N) is 2. The minimum absolute atomic E-state index is 0.0288. The van der Waals surface area contributed by atoms with Crippen molar-refractivity contribution >= 4 is 23.2 Å². The lowest BCUT2D eigenvalue weighted by Crippen LogP contribution is -2.50. The molecule has 1 amide bonds. The van der Waals surface area contributed by atoms with Gasteiger partial charge >= 0.3 is 0 Å². The molecule has 2 unspecified atom stereocenters. The van der Waals surface area contributed by atoms with Crippen LogP contribution in [0.1, 0.15) is 12.8 Å². The summed E-state index contributed by atoms with van der Waals surface area (Å²) in [6.07, 6.45) is 0.799. The fourth-order valence-electron chi connectivity index (χ4n) is 3.88. The standard InChI is InChI=1S/C23H28ClN3O4/c24-16-5-7-18(8-6-16)26-23(29)14-27-11-9-17(10-12-27)25-13-19(28)22-15-30-20-3-1-2-4-21(20)31-22/h1-8,17,19,22,25,28H,9-15H2,(H,26,29). The van der Waals surface area contributed by atoms with Gasteiger partial charge in [-0.25, -0.2) is 0 Å². The first kappa shape index (κ1) is 21.9. The molecule has 0 bridgehead atoms. The Morgan fingerprint density at radius 2 is 1.84 bits per heavy atom. The summed E-state index contributed by atoms with van der Waals surface area (Å²) < 4.78 is 11.6. The summed E-state index contributed by atoms with van der Waals surface area (Å²) in [5, 5.41) is 17.5. The maximum absolute atomic E-state index is 12.3. The van der Waals surface area contributed by atoms with E-state index in [1.807, 2.05) is 24.3 Å². The molecule has 4 rings (SSSR count). The Balaban J connectivity index is 1.15. The third-order valence-corrected chi connectivity index (χ3v) is 5.91. The number of para-hydroxylation sites is 2. The van der Waals surface area contributed by atoms with Gasteiger partial charge in [-0.15, -0.1) is 0 Å². The van der Waals surface area contributed by atoms with Crippen LogP contribution in [0.2, 0.25) is 5.02 Å². The molecule has 2 heterocycles. The quantitative estimate of drug-likeness (QED) is 0.607. The number of halogens is 1. The number of nitrogens with zero attached hydrogens (tertiary/aromatic N) is 1. The van der Waals surface area contributed by atoms with Gasteiger partial charge in [0.1, 0.15) is 12.7 Å². The number of likely N-dealkylation sites (tertiary alicyclic amines) is 1. The normalized spacial score (nSPS) is 20.3. The highest BCUT2D eigenvalue weighted by Crippen LogP contribution is 2.31. The van der Waals surface area contributed by atoms with E-state index in [2.05, 4.69) is 15.5 Å². The van der Waals surface area contributed by atoms with Crippen molar-refractivity contribution in [3.8, 4) is 11.5 Å². The van der Waals surface area contributed by atoms with Crippen molar-refractivity contribution in [3.05, 3.63) is 53.6 Å². The van der Waals surface area contributed by atoms with Crippen LogP contribution in [-0.4, -0.2) is 66.9 Å². The topological polar surface area (TPSA) is 83.1 Å². The molecule has 2 aromatic carbocycles. The smallest absolute Gasteiger partial charge is 0.238 e. The van der Waals surface area contributed by atoms with E-state index < -0.39 is 6.10 Å². The molecular formula is C23H28ClN3O4. The zero-order valence-corrected chi connectivity index (χ0v) is 18.1. The van der Waals surface area contributed by atoms with E-state index in [1.165, 1.54) is 0 Å². The van der Waals surface area contributed by atoms with E-state index in [0.29, 0.717) is 42.3 Å². The molecule has 2 aromatic rings. The predicted octanol–water partition coefficient (Wildman–Crippen LogP) is 2.53. The molecule has 7 nitrogen and oxygen atoms in total. The summed E-state index contributed by atoms with van der Waals surface area (Å²) in [5.74, 6) is 1.35. The van der Waals surface area contributed by atoms with E-state index in [0.717, 1.165) is 31.6 Å². The second-order valence-corrected chi connectivity index (χ2v) is 8.43. The summed E-state index contributed by atoms with van der Waals surface area (Å²) in [5.41, 5.74) is 0.747. The van der Waals surface area contributed by atoms with Gasteiger partial charge in [0.05, 0.1) is 6.54 Å². The number of hydrogen-bond donors (Lipinski definition) is 3. The van der Waals surface area contributed by atoms with Gasteiger partial charge in [0, 0.05) is 36.4 Å². The van der Waals surface area contributed by atoms with Crippen LogP contribution >= 0.6 is 11.6 Å². The van der Waals surface area contributed by atoms with Crippen LogP contribution in [0.15, 0.2) is 48.5 Å². The highest BCUT2D eigenvalue weighted by Gasteiger charge is 2.28. The second kappa shape index (κ2) is 10.3. The van der Waals surface area contributed by atoms with Crippen molar-refractivity contribution in [2.24, 2.45) is 0 Å². The van der Waals surface area contributed by atoms with E-state index in [1.54, 1.807) is 24.3 Å². The average Bonchev–Trinajstić information content (AvgIpc) is 2.79. The maximum atomic E-state index is 12.3. The fraction of sp³-hybridized carbons (Fsp3) is 0.435. The second-order valence-electron chi connectivity index (χ2n) is 8.00. The first-order chi connectivity index (χ1) is 15.1. The SMILES string of the molecule is O=C(CN1CCC(NCC(O)C2COc3ccccc3O2)CC1)Nc1ccc(Cl)cc1. The molecule has 0 spiro atoms. The Kier molecular flexibility index (Phi) is 7.29. The van der Waals surface area contributed by atoms with Gasteiger partial charge < -0.3 is 25.2 Å². The van der Waals surface area contributed by atoms with Gasteiger partial charge in [-0.1, -0.05) is 23.7 Å². The molecule has 1 fully saturated rings. The minimum Gasteiger partial charge on any atom is -0.486 e. The van der Waals surface area contributed by atoms with Crippen molar-refractivity contribution in [2.75, 3.05) is 38.1 Å². The number of ether oxygens (including phenoxy) is 2. The van der Waals surface area contributed by atoms with Crippen molar-refractivity contribution in [1.29, 1.82) is 0 Å². The number of hydrogen-bond acceptors (Lipinski definition) is 6. The molecule has 0 radical (unpaired) electrons. The van der Waals surface area contributed by atoms with E-state index in [4.69, 9.17) is 21.1 Å². The molecule has 2 atom stereocenters. The Bertz CT molecular complexity index is 871. The van der Waals surface area contributed by atoms with Gasteiger partial charge in [-0.3, -0.25) is 9.69 Å². The number of piperidine rings is 1. The van der Waals surface area contributed by atoms with Crippen molar-refractivity contribution < 1.29 is 19.4 Å². The molecule has 2 aliphatic heterocycles. The van der Waals surface area contributed by atoms with Crippen molar-refractivity contribution in [1.82, 2.24) is 10.2 Å². The zero-order chi connectivity index (χ0) is 21.6. The third-order valence-electron chi connectivity index (χ3n) is 5.66.